The molecule has 22 heavy (non-hydrogen) atoms. The van der Waals surface area contributed by atoms with E-state index in [4.69, 9.17) is 27.9 Å². The molecule has 0 aliphatic rings. The zero-order valence-corrected chi connectivity index (χ0v) is 16.8. The van der Waals surface area contributed by atoms with Gasteiger partial charge in [-0.3, -0.25) is 4.57 Å². The molecule has 0 aliphatic carbocycles. The average Bonchev–Trinajstić information content (AvgIpc) is 2.28. The highest BCUT2D eigenvalue weighted by Gasteiger charge is 2.46. The zero-order chi connectivity index (χ0) is 17.2. The maximum Gasteiger partial charge on any atom is 0.278 e. The summed E-state index contributed by atoms with van der Waals surface area (Å²) in [7, 11) is 0. The van der Waals surface area contributed by atoms with Crippen LogP contribution >= 0.6 is 36.0 Å². The second-order valence-electron chi connectivity index (χ2n) is 5.50. The fourth-order valence-electron chi connectivity index (χ4n) is 1.63. The highest BCUT2D eigenvalue weighted by molar-refractivity contribution is 8.58. The smallest absolute Gasteiger partial charge is 0.278 e. The van der Waals surface area contributed by atoms with Crippen LogP contribution in [0.1, 0.15) is 34.1 Å². The van der Waals surface area contributed by atoms with Gasteiger partial charge in [0.25, 0.3) is 6.57 Å². The molecule has 0 amide bonds. The largest absolute Gasteiger partial charge is 0.345 e. The van der Waals surface area contributed by atoms with Gasteiger partial charge in [-0.25, -0.2) is 9.97 Å². The molecule has 2 atom stereocenters. The Morgan fingerprint density at radius 3 is 2.27 bits per heavy atom. The van der Waals surface area contributed by atoms with Gasteiger partial charge in [-0.15, -0.1) is 0 Å². The van der Waals surface area contributed by atoms with Gasteiger partial charge in [-0.2, -0.15) is 0 Å². The summed E-state index contributed by atoms with van der Waals surface area (Å²) in [5.74, 6) is 0. The molecule has 126 valence electrons. The monoisotopic (exact) mass is 404 g/mol. The molecular formula is C11H19ClN2O4P2S2. The molecule has 0 aliphatic heterocycles. The van der Waals surface area contributed by atoms with Crippen molar-refractivity contribution >= 4 is 47.9 Å². The van der Waals surface area contributed by atoms with Crippen LogP contribution in [0.4, 0.5) is 0 Å². The summed E-state index contributed by atoms with van der Waals surface area (Å²) in [6.07, 6.45) is 2.94. The standard InChI is InChI=1S/C11H19ClN2O4P2S2/c1-5-9(19(15,16)21)20(17,18-11(2,3)4)22-10-13-6-8(12)7-14-10/h6-7,9H,5H2,1-4H3,(H2,15,16,21). The fraction of sp³-hybridized carbons (Fsp3) is 0.636. The topological polar surface area (TPSA) is 92.5 Å². The van der Waals surface area contributed by atoms with Crippen LogP contribution in [0.5, 0.6) is 0 Å². The van der Waals surface area contributed by atoms with Gasteiger partial charge >= 0.3 is 0 Å². The van der Waals surface area contributed by atoms with Crippen LogP contribution in [0.3, 0.4) is 0 Å². The summed E-state index contributed by atoms with van der Waals surface area (Å²) in [4.78, 5) is 27.7. The minimum atomic E-state index is -3.79. The van der Waals surface area contributed by atoms with Crippen LogP contribution in [0, 0.1) is 0 Å². The Morgan fingerprint density at radius 2 is 1.91 bits per heavy atom. The molecule has 0 bridgehead atoms. The first-order chi connectivity index (χ1) is 9.87. The van der Waals surface area contributed by atoms with Crippen molar-refractivity contribution in [2.24, 2.45) is 0 Å². The van der Waals surface area contributed by atoms with Crippen LogP contribution in [-0.4, -0.2) is 30.8 Å². The van der Waals surface area contributed by atoms with E-state index in [1.165, 1.54) is 12.4 Å². The molecule has 1 heterocycles. The molecule has 0 aromatic carbocycles. The highest BCUT2D eigenvalue weighted by Crippen LogP contribution is 2.75. The summed E-state index contributed by atoms with van der Waals surface area (Å²) in [5, 5.41) is -0.533. The van der Waals surface area contributed by atoms with E-state index in [-0.39, 0.29) is 11.6 Å². The SMILES string of the molecule is CCC(P(=O)(OC(C)(C)C)Sc1ncc(Cl)cn1)P(O)(O)=S. The Balaban J connectivity index is 3.24. The minimum absolute atomic E-state index is 0.180. The molecular weight excluding hydrogens is 386 g/mol. The summed E-state index contributed by atoms with van der Waals surface area (Å²) >= 11 is 11.3. The summed E-state index contributed by atoms with van der Waals surface area (Å²) in [5.41, 5.74) is -0.757. The summed E-state index contributed by atoms with van der Waals surface area (Å²) < 4.78 is 19.0. The van der Waals surface area contributed by atoms with Gasteiger partial charge in [0.05, 0.1) is 23.0 Å². The normalized spacial score (nSPS) is 17.0. The van der Waals surface area contributed by atoms with E-state index < -0.39 is 24.1 Å². The Hall–Kier alpha value is 0.480. The Morgan fingerprint density at radius 1 is 1.41 bits per heavy atom. The molecule has 1 aromatic rings. The Kier molecular flexibility index (Phi) is 7.07. The predicted octanol–water partition coefficient (Wildman–Crippen LogP) is 4.26. The maximum atomic E-state index is 13.3. The lowest BCUT2D eigenvalue weighted by Crippen LogP contribution is -2.21. The van der Waals surface area contributed by atoms with E-state index in [1.807, 2.05) is 0 Å². The third-order valence-corrected chi connectivity index (χ3v) is 12.0. The van der Waals surface area contributed by atoms with E-state index in [0.29, 0.717) is 5.02 Å². The number of aromatic nitrogens is 2. The summed E-state index contributed by atoms with van der Waals surface area (Å²) in [6, 6.07) is 0. The first kappa shape index (κ1) is 20.5. The van der Waals surface area contributed by atoms with E-state index in [2.05, 4.69) is 9.97 Å². The third kappa shape index (κ3) is 6.17. The van der Waals surface area contributed by atoms with Crippen LogP contribution in [0.15, 0.2) is 17.6 Å². The Labute approximate surface area is 144 Å². The lowest BCUT2D eigenvalue weighted by Gasteiger charge is -2.33. The molecule has 2 unspecified atom stereocenters. The van der Waals surface area contributed by atoms with Gasteiger partial charge in [-0.05, 0) is 39.0 Å². The average molecular weight is 405 g/mol. The number of hydrogen-bond acceptors (Lipinski definition) is 6. The number of rotatable bonds is 6. The second kappa shape index (κ2) is 7.58. The van der Waals surface area contributed by atoms with Crippen molar-refractivity contribution in [3.05, 3.63) is 17.4 Å². The molecule has 0 saturated carbocycles. The zero-order valence-electron chi connectivity index (χ0n) is 12.6. The highest BCUT2D eigenvalue weighted by atomic mass is 35.5. The lowest BCUT2D eigenvalue weighted by molar-refractivity contribution is 0.139. The van der Waals surface area contributed by atoms with Gasteiger partial charge in [-0.1, -0.05) is 18.5 Å². The predicted molar refractivity (Wildman–Crippen MR) is 94.1 cm³/mol. The van der Waals surface area contributed by atoms with Gasteiger partial charge in [0.2, 0.25) is 0 Å². The molecule has 1 rings (SSSR count). The van der Waals surface area contributed by atoms with Crippen LogP contribution in [0.2, 0.25) is 5.02 Å². The summed E-state index contributed by atoms with van der Waals surface area (Å²) in [6.45, 7) is -0.532. The van der Waals surface area contributed by atoms with E-state index in [0.717, 1.165) is 11.4 Å². The molecule has 6 nitrogen and oxygen atoms in total. The van der Waals surface area contributed by atoms with Crippen molar-refractivity contribution < 1.29 is 18.9 Å². The molecule has 1 aromatic heterocycles. The number of nitrogens with zero attached hydrogens (tertiary/aromatic N) is 2. The second-order valence-corrected chi connectivity index (χ2v) is 14.3. The third-order valence-electron chi connectivity index (χ3n) is 2.33. The molecule has 0 fully saturated rings. The first-order valence-electron chi connectivity index (χ1n) is 6.40. The van der Waals surface area contributed by atoms with Gasteiger partial charge in [0.15, 0.2) is 11.6 Å². The van der Waals surface area contributed by atoms with Gasteiger partial charge in [0, 0.05) is 11.4 Å². The van der Waals surface area contributed by atoms with E-state index in [9.17, 15) is 14.4 Å². The van der Waals surface area contributed by atoms with Gasteiger partial charge < -0.3 is 14.3 Å². The van der Waals surface area contributed by atoms with Crippen molar-refractivity contribution in [1.29, 1.82) is 0 Å². The van der Waals surface area contributed by atoms with Gasteiger partial charge in [0.1, 0.15) is 5.40 Å². The van der Waals surface area contributed by atoms with Crippen LogP contribution < -0.4 is 0 Å². The van der Waals surface area contributed by atoms with Crippen molar-refractivity contribution in [1.82, 2.24) is 9.97 Å². The number of hydrogen-bond donors (Lipinski definition) is 2. The van der Waals surface area contributed by atoms with E-state index in [1.54, 1.807) is 27.7 Å². The first-order valence-corrected chi connectivity index (χ1v) is 12.7. The molecule has 11 heteroatoms. The Bertz CT molecular complexity index is 603. The minimum Gasteiger partial charge on any atom is -0.345 e. The van der Waals surface area contributed by atoms with Crippen LogP contribution in [0.25, 0.3) is 0 Å². The molecule has 0 saturated heterocycles. The maximum absolute atomic E-state index is 13.3. The molecule has 0 spiro atoms. The van der Waals surface area contributed by atoms with Crippen molar-refractivity contribution in [3.8, 4) is 0 Å². The fourth-order valence-corrected chi connectivity index (χ4v) is 12.0. The van der Waals surface area contributed by atoms with E-state index >= 15 is 0 Å². The van der Waals surface area contributed by atoms with Crippen LogP contribution in [-0.2, 0) is 20.9 Å². The quantitative estimate of drug-likeness (QED) is 0.536. The van der Waals surface area contributed by atoms with Crippen molar-refractivity contribution in [3.63, 3.8) is 0 Å². The van der Waals surface area contributed by atoms with Crippen molar-refractivity contribution in [2.45, 2.75) is 50.3 Å². The van der Waals surface area contributed by atoms with Crippen molar-refractivity contribution in [2.75, 3.05) is 0 Å². The lowest BCUT2D eigenvalue weighted by atomic mass is 10.2. The molecule has 0 radical (unpaired) electrons. The number of halogens is 1. The molecule has 2 N–H and O–H groups in total.